The van der Waals surface area contributed by atoms with Crippen LogP contribution in [-0.2, 0) is 27.1 Å². The number of ether oxygens (including phenoxy) is 3. The molecule has 0 radical (unpaired) electrons. The number of cyclic esters (lactones) is 4. The van der Waals surface area contributed by atoms with Gasteiger partial charge in [-0.1, -0.05) is 126 Å². The van der Waals surface area contributed by atoms with E-state index in [1.54, 1.807) is 11.1 Å². The zero-order valence-corrected chi connectivity index (χ0v) is 26.2. The summed E-state index contributed by atoms with van der Waals surface area (Å²) in [5, 5.41) is 5.40. The maximum absolute atomic E-state index is 11.6. The van der Waals surface area contributed by atoms with Crippen LogP contribution >= 0.6 is 0 Å². The average molecular weight is 589 g/mol. The van der Waals surface area contributed by atoms with Crippen molar-refractivity contribution >= 4 is 33.9 Å². The molecule has 0 aromatic heterocycles. The summed E-state index contributed by atoms with van der Waals surface area (Å²) in [7, 11) is 0. The van der Waals surface area contributed by atoms with E-state index in [1.807, 2.05) is 0 Å². The van der Waals surface area contributed by atoms with Gasteiger partial charge in [0.25, 0.3) is 0 Å². The number of fused-ring (bicyclic) bond motifs is 3. The van der Waals surface area contributed by atoms with E-state index < -0.39 is 12.3 Å². The van der Waals surface area contributed by atoms with Crippen LogP contribution in [-0.4, -0.2) is 25.5 Å². The van der Waals surface area contributed by atoms with Crippen LogP contribution in [0.15, 0.2) is 48.5 Å². The van der Waals surface area contributed by atoms with Crippen LogP contribution in [0, 0.1) is 0 Å². The molecule has 1 aliphatic rings. The standard InChI is InChI=1S/C38H52O5/c39-37-41-25-19-13-9-5-1-3-7-11-15-21-31-27-35-29-33-23-17-18-24-34(33)30-36(35)28-32(31)22-16-12-8-4-2-6-10-14-20-26-42-38(40)43-37/h17-18,23-24,27-30H,1-16,19-22,25-26H2. The lowest BCUT2D eigenvalue weighted by Gasteiger charge is -2.13. The third kappa shape index (κ3) is 12.2. The van der Waals surface area contributed by atoms with Crippen LogP contribution in [0.2, 0.25) is 0 Å². The lowest BCUT2D eigenvalue weighted by atomic mass is 9.92. The normalized spacial score (nSPS) is 19.2. The van der Waals surface area contributed by atoms with Gasteiger partial charge in [-0.2, -0.15) is 0 Å². The maximum atomic E-state index is 11.6. The highest BCUT2D eigenvalue weighted by Crippen LogP contribution is 2.28. The molecule has 0 amide bonds. The van der Waals surface area contributed by atoms with Gasteiger partial charge in [0.15, 0.2) is 0 Å². The summed E-state index contributed by atoms with van der Waals surface area (Å²) in [5.74, 6) is 0. The van der Waals surface area contributed by atoms with Crippen molar-refractivity contribution in [3.05, 3.63) is 59.7 Å². The van der Waals surface area contributed by atoms with Crippen molar-refractivity contribution in [2.24, 2.45) is 0 Å². The summed E-state index contributed by atoms with van der Waals surface area (Å²) in [6, 6.07) is 18.4. The topological polar surface area (TPSA) is 61.8 Å². The van der Waals surface area contributed by atoms with E-state index in [0.717, 1.165) is 38.5 Å². The zero-order chi connectivity index (χ0) is 30.0. The second-order valence-electron chi connectivity index (χ2n) is 12.3. The molecule has 3 aromatic carbocycles. The van der Waals surface area contributed by atoms with Crippen LogP contribution in [0.25, 0.3) is 21.5 Å². The van der Waals surface area contributed by atoms with Crippen molar-refractivity contribution in [2.45, 2.75) is 128 Å². The van der Waals surface area contributed by atoms with Crippen molar-refractivity contribution in [3.63, 3.8) is 0 Å². The van der Waals surface area contributed by atoms with Crippen LogP contribution in [0.4, 0.5) is 9.59 Å². The smallest absolute Gasteiger partial charge is 0.434 e. The molecule has 0 fully saturated rings. The molecule has 0 saturated carbocycles. The molecule has 0 saturated heterocycles. The predicted octanol–water partition coefficient (Wildman–Crippen LogP) is 11.4. The Hall–Kier alpha value is -3.08. The van der Waals surface area contributed by atoms with Crippen molar-refractivity contribution in [2.75, 3.05) is 13.2 Å². The molecule has 0 spiro atoms. The minimum Gasteiger partial charge on any atom is -0.434 e. The number of aryl methyl sites for hydroxylation is 2. The third-order valence-corrected chi connectivity index (χ3v) is 8.81. The number of hydrogen-bond acceptors (Lipinski definition) is 5. The predicted molar refractivity (Wildman–Crippen MR) is 176 cm³/mol. The second-order valence-corrected chi connectivity index (χ2v) is 12.3. The number of benzene rings is 3. The van der Waals surface area contributed by atoms with E-state index in [1.165, 1.54) is 111 Å². The first-order valence-electron chi connectivity index (χ1n) is 17.1. The SMILES string of the molecule is O=C1OCCCCCCCCCCCc2cc3cc4ccccc4cc3cc2CCCCCCCCCCCOC(=O)O1. The van der Waals surface area contributed by atoms with Gasteiger partial charge in [-0.15, -0.1) is 0 Å². The average Bonchev–Trinajstić information content (AvgIpc) is 3.00. The van der Waals surface area contributed by atoms with Gasteiger partial charge in [-0.25, -0.2) is 9.59 Å². The Morgan fingerprint density at radius 3 is 1.14 bits per heavy atom. The maximum Gasteiger partial charge on any atom is 0.518 e. The summed E-state index contributed by atoms with van der Waals surface area (Å²) in [6.07, 6.45) is 21.4. The zero-order valence-electron chi connectivity index (χ0n) is 26.2. The van der Waals surface area contributed by atoms with E-state index in [-0.39, 0.29) is 13.2 Å². The number of rotatable bonds is 0. The number of hydrogen-bond donors (Lipinski definition) is 0. The molecule has 0 aliphatic carbocycles. The Morgan fingerprint density at radius 1 is 0.395 bits per heavy atom. The molecule has 43 heavy (non-hydrogen) atoms. The van der Waals surface area contributed by atoms with E-state index in [9.17, 15) is 9.59 Å². The summed E-state index contributed by atoms with van der Waals surface area (Å²) >= 11 is 0. The van der Waals surface area contributed by atoms with E-state index in [0.29, 0.717) is 0 Å². The fourth-order valence-corrected chi connectivity index (χ4v) is 6.30. The summed E-state index contributed by atoms with van der Waals surface area (Å²) < 4.78 is 14.6. The minimum atomic E-state index is -0.960. The van der Waals surface area contributed by atoms with Crippen molar-refractivity contribution in [1.82, 2.24) is 0 Å². The Kier molecular flexibility index (Phi) is 14.7. The lowest BCUT2D eigenvalue weighted by Crippen LogP contribution is -2.16. The second kappa shape index (κ2) is 19.2. The molecule has 1 heterocycles. The highest BCUT2D eigenvalue weighted by Gasteiger charge is 2.13. The molecule has 0 bridgehead atoms. The Balaban J connectivity index is 1.29. The first-order valence-corrected chi connectivity index (χ1v) is 17.1. The van der Waals surface area contributed by atoms with Crippen molar-refractivity contribution in [3.8, 4) is 0 Å². The Morgan fingerprint density at radius 2 is 0.744 bits per heavy atom. The van der Waals surface area contributed by atoms with E-state index in [4.69, 9.17) is 9.47 Å². The van der Waals surface area contributed by atoms with Gasteiger partial charge in [0.1, 0.15) is 0 Å². The summed E-state index contributed by atoms with van der Waals surface area (Å²) in [4.78, 5) is 23.3. The highest BCUT2D eigenvalue weighted by atomic mass is 16.8. The fraction of sp³-hybridized carbons (Fsp3) is 0.579. The van der Waals surface area contributed by atoms with E-state index in [2.05, 4.69) is 53.3 Å². The Bertz CT molecular complexity index is 1170. The first-order chi connectivity index (χ1) is 21.2. The van der Waals surface area contributed by atoms with Gasteiger partial charge in [-0.05, 0) is 83.3 Å². The monoisotopic (exact) mass is 588 g/mol. The third-order valence-electron chi connectivity index (χ3n) is 8.81. The van der Waals surface area contributed by atoms with Gasteiger partial charge in [-0.3, -0.25) is 0 Å². The van der Waals surface area contributed by atoms with Gasteiger partial charge >= 0.3 is 12.3 Å². The molecular formula is C38H52O5. The molecule has 5 nitrogen and oxygen atoms in total. The number of carbonyl (C=O) groups is 2. The van der Waals surface area contributed by atoms with Crippen LogP contribution in [0.5, 0.6) is 0 Å². The molecule has 4 rings (SSSR count). The largest absolute Gasteiger partial charge is 0.518 e. The molecule has 1 aliphatic heterocycles. The van der Waals surface area contributed by atoms with Crippen LogP contribution in [0.3, 0.4) is 0 Å². The molecule has 0 unspecified atom stereocenters. The van der Waals surface area contributed by atoms with E-state index >= 15 is 0 Å². The van der Waals surface area contributed by atoms with Crippen LogP contribution in [0.1, 0.15) is 127 Å². The fourth-order valence-electron chi connectivity index (χ4n) is 6.30. The van der Waals surface area contributed by atoms with Gasteiger partial charge in [0.2, 0.25) is 0 Å². The molecular weight excluding hydrogens is 536 g/mol. The summed E-state index contributed by atoms with van der Waals surface area (Å²) in [6.45, 7) is 0.554. The van der Waals surface area contributed by atoms with Gasteiger partial charge < -0.3 is 14.2 Å². The van der Waals surface area contributed by atoms with Crippen molar-refractivity contribution in [1.29, 1.82) is 0 Å². The highest BCUT2D eigenvalue weighted by molar-refractivity contribution is 5.98. The number of carbonyl (C=O) groups excluding carboxylic acids is 2. The summed E-state index contributed by atoms with van der Waals surface area (Å²) in [5.41, 5.74) is 3.12. The first kappa shape index (κ1) is 32.8. The van der Waals surface area contributed by atoms with Gasteiger partial charge in [0.05, 0.1) is 13.2 Å². The molecule has 5 heteroatoms. The molecule has 0 N–H and O–H groups in total. The lowest BCUT2D eigenvalue weighted by molar-refractivity contribution is 0.0353. The quantitative estimate of drug-likeness (QED) is 0.148. The van der Waals surface area contributed by atoms with Gasteiger partial charge in [0, 0.05) is 0 Å². The minimum absolute atomic E-state index is 0.277. The Labute approximate surface area is 258 Å². The van der Waals surface area contributed by atoms with Crippen LogP contribution < -0.4 is 0 Å². The molecule has 3 aromatic rings. The molecule has 234 valence electrons. The van der Waals surface area contributed by atoms with Crippen molar-refractivity contribution < 1.29 is 23.8 Å². The molecule has 0 atom stereocenters.